The maximum absolute atomic E-state index is 12.4. The van der Waals surface area contributed by atoms with Gasteiger partial charge in [0.25, 0.3) is 5.91 Å². The summed E-state index contributed by atoms with van der Waals surface area (Å²) in [5.41, 5.74) is 1.17. The molecule has 2 N–H and O–H groups in total. The van der Waals surface area contributed by atoms with Crippen LogP contribution in [0, 0.1) is 5.92 Å². The predicted molar refractivity (Wildman–Crippen MR) is 97.2 cm³/mol. The van der Waals surface area contributed by atoms with Crippen molar-refractivity contribution in [3.63, 3.8) is 0 Å². The zero-order valence-corrected chi connectivity index (χ0v) is 15.1. The van der Waals surface area contributed by atoms with Crippen LogP contribution in [0.5, 0.6) is 5.88 Å². The average molecular weight is 363 g/mol. The molecular weight excluding hydrogens is 340 g/mol. The van der Waals surface area contributed by atoms with Gasteiger partial charge in [-0.2, -0.15) is 5.10 Å². The standard InChI is InChI=1S/C18H23ClN4O2/c1-2-25-16-9-8-14(19)17(21-16)18(24)20-15-11-13(22-23-15)10-12-6-4-3-5-7-12/h8-9,11-12H,2-7,10H2,1H3,(H2,20,22,23,24). The second-order valence-corrected chi connectivity index (χ2v) is 6.76. The van der Waals surface area contributed by atoms with Gasteiger partial charge in [0.2, 0.25) is 5.88 Å². The predicted octanol–water partition coefficient (Wildman–Crippen LogP) is 4.23. The number of hydrogen-bond donors (Lipinski definition) is 2. The van der Waals surface area contributed by atoms with Crippen molar-refractivity contribution in [1.29, 1.82) is 0 Å². The summed E-state index contributed by atoms with van der Waals surface area (Å²) in [7, 11) is 0. The molecule has 0 aliphatic heterocycles. The molecular formula is C18H23ClN4O2. The van der Waals surface area contributed by atoms with Crippen LogP contribution < -0.4 is 10.1 Å². The number of aromatic nitrogens is 3. The van der Waals surface area contributed by atoms with Crippen LogP contribution in [0.25, 0.3) is 0 Å². The minimum Gasteiger partial charge on any atom is -0.478 e. The SMILES string of the molecule is CCOc1ccc(Cl)c(C(=O)Nc2cc(CC3CCCCC3)[nH]n2)n1. The molecule has 2 aromatic rings. The van der Waals surface area contributed by atoms with Crippen molar-refractivity contribution in [3.8, 4) is 5.88 Å². The maximum atomic E-state index is 12.4. The molecule has 7 heteroatoms. The van der Waals surface area contributed by atoms with Crippen molar-refractivity contribution in [2.24, 2.45) is 5.92 Å². The van der Waals surface area contributed by atoms with Crippen molar-refractivity contribution in [3.05, 3.63) is 34.6 Å². The molecule has 0 spiro atoms. The number of halogens is 1. The van der Waals surface area contributed by atoms with E-state index in [9.17, 15) is 4.79 Å². The van der Waals surface area contributed by atoms with E-state index in [2.05, 4.69) is 20.5 Å². The van der Waals surface area contributed by atoms with E-state index in [0.29, 0.717) is 24.2 Å². The van der Waals surface area contributed by atoms with Crippen molar-refractivity contribution in [1.82, 2.24) is 15.2 Å². The van der Waals surface area contributed by atoms with Crippen LogP contribution >= 0.6 is 11.6 Å². The van der Waals surface area contributed by atoms with Crippen molar-refractivity contribution in [2.75, 3.05) is 11.9 Å². The van der Waals surface area contributed by atoms with Gasteiger partial charge in [-0.25, -0.2) is 4.98 Å². The maximum Gasteiger partial charge on any atom is 0.277 e. The van der Waals surface area contributed by atoms with Crippen LogP contribution in [-0.4, -0.2) is 27.7 Å². The number of nitrogens with one attached hydrogen (secondary N) is 2. The average Bonchev–Trinajstić information content (AvgIpc) is 3.04. The molecule has 2 aromatic heterocycles. The molecule has 0 aromatic carbocycles. The molecule has 134 valence electrons. The summed E-state index contributed by atoms with van der Waals surface area (Å²) in [4.78, 5) is 16.6. The van der Waals surface area contributed by atoms with Crippen LogP contribution in [0.2, 0.25) is 5.02 Å². The van der Waals surface area contributed by atoms with Gasteiger partial charge in [-0.05, 0) is 25.3 Å². The molecule has 25 heavy (non-hydrogen) atoms. The van der Waals surface area contributed by atoms with Gasteiger partial charge < -0.3 is 10.1 Å². The lowest BCUT2D eigenvalue weighted by molar-refractivity contribution is 0.102. The summed E-state index contributed by atoms with van der Waals surface area (Å²) in [6, 6.07) is 5.12. The molecule has 0 unspecified atom stereocenters. The van der Waals surface area contributed by atoms with Gasteiger partial charge in [-0.15, -0.1) is 0 Å². The minimum absolute atomic E-state index is 0.129. The quantitative estimate of drug-likeness (QED) is 0.805. The zero-order chi connectivity index (χ0) is 17.6. The number of hydrogen-bond acceptors (Lipinski definition) is 4. The summed E-state index contributed by atoms with van der Waals surface area (Å²) in [5.74, 6) is 1.16. The van der Waals surface area contributed by atoms with E-state index in [1.807, 2.05) is 13.0 Å². The lowest BCUT2D eigenvalue weighted by atomic mass is 9.86. The van der Waals surface area contributed by atoms with Gasteiger partial charge in [0.05, 0.1) is 11.6 Å². The summed E-state index contributed by atoms with van der Waals surface area (Å²) in [6.45, 7) is 2.33. The zero-order valence-electron chi connectivity index (χ0n) is 14.3. The van der Waals surface area contributed by atoms with Gasteiger partial charge in [-0.3, -0.25) is 9.89 Å². The number of carbonyl (C=O) groups is 1. The molecule has 0 saturated heterocycles. The summed E-state index contributed by atoms with van der Waals surface area (Å²) < 4.78 is 5.32. The molecule has 3 rings (SSSR count). The Kier molecular flexibility index (Phi) is 5.91. The molecule has 0 bridgehead atoms. The third-order valence-corrected chi connectivity index (χ3v) is 4.74. The number of aromatic amines is 1. The van der Waals surface area contributed by atoms with Gasteiger partial charge in [0, 0.05) is 17.8 Å². The first-order chi connectivity index (χ1) is 12.2. The summed E-state index contributed by atoms with van der Waals surface area (Å²) in [5, 5.41) is 10.2. The Bertz CT molecular complexity index is 726. The van der Waals surface area contributed by atoms with Gasteiger partial charge in [-0.1, -0.05) is 43.7 Å². The Morgan fingerprint density at radius 3 is 2.92 bits per heavy atom. The monoisotopic (exact) mass is 362 g/mol. The molecule has 1 aliphatic rings. The molecule has 2 heterocycles. The highest BCUT2D eigenvalue weighted by Gasteiger charge is 2.18. The molecule has 1 aliphatic carbocycles. The second kappa shape index (κ2) is 8.34. The highest BCUT2D eigenvalue weighted by Crippen LogP contribution is 2.27. The molecule has 6 nitrogen and oxygen atoms in total. The Morgan fingerprint density at radius 1 is 1.36 bits per heavy atom. The van der Waals surface area contributed by atoms with Crippen molar-refractivity contribution < 1.29 is 9.53 Å². The summed E-state index contributed by atoms with van der Waals surface area (Å²) in [6.07, 6.45) is 7.47. The Hall–Kier alpha value is -2.08. The van der Waals surface area contributed by atoms with Crippen LogP contribution in [0.15, 0.2) is 18.2 Å². The van der Waals surface area contributed by atoms with Crippen LogP contribution in [0.3, 0.4) is 0 Å². The van der Waals surface area contributed by atoms with Gasteiger partial charge in [0.1, 0.15) is 0 Å². The van der Waals surface area contributed by atoms with Crippen LogP contribution in [0.1, 0.15) is 55.2 Å². The number of H-pyrrole nitrogens is 1. The third kappa shape index (κ3) is 4.72. The van der Waals surface area contributed by atoms with E-state index in [1.165, 1.54) is 32.1 Å². The molecule has 1 fully saturated rings. The minimum atomic E-state index is -0.401. The van der Waals surface area contributed by atoms with Crippen LogP contribution in [-0.2, 0) is 6.42 Å². The topological polar surface area (TPSA) is 79.9 Å². The Labute approximate surface area is 152 Å². The highest BCUT2D eigenvalue weighted by atomic mass is 35.5. The van der Waals surface area contributed by atoms with Crippen molar-refractivity contribution in [2.45, 2.75) is 45.4 Å². The fourth-order valence-electron chi connectivity index (χ4n) is 3.22. The number of nitrogens with zero attached hydrogens (tertiary/aromatic N) is 2. The number of anilines is 1. The Morgan fingerprint density at radius 2 is 2.16 bits per heavy atom. The first-order valence-electron chi connectivity index (χ1n) is 8.80. The molecule has 0 radical (unpaired) electrons. The van der Waals surface area contributed by atoms with E-state index in [-0.39, 0.29) is 10.7 Å². The smallest absolute Gasteiger partial charge is 0.277 e. The first-order valence-corrected chi connectivity index (χ1v) is 9.18. The van der Waals surface area contributed by atoms with E-state index >= 15 is 0 Å². The number of amides is 1. The largest absolute Gasteiger partial charge is 0.478 e. The molecule has 1 saturated carbocycles. The van der Waals surface area contributed by atoms with E-state index in [0.717, 1.165) is 12.1 Å². The van der Waals surface area contributed by atoms with E-state index in [4.69, 9.17) is 16.3 Å². The first kappa shape index (κ1) is 17.7. The summed E-state index contributed by atoms with van der Waals surface area (Å²) >= 11 is 6.08. The van der Waals surface area contributed by atoms with Crippen molar-refractivity contribution >= 4 is 23.3 Å². The number of pyridine rings is 1. The lowest BCUT2D eigenvalue weighted by Crippen LogP contribution is -2.15. The second-order valence-electron chi connectivity index (χ2n) is 6.35. The number of carbonyl (C=O) groups excluding carboxylic acids is 1. The Balaban J connectivity index is 1.64. The highest BCUT2D eigenvalue weighted by molar-refractivity contribution is 6.34. The van der Waals surface area contributed by atoms with E-state index in [1.54, 1.807) is 12.1 Å². The molecule has 0 atom stereocenters. The van der Waals surface area contributed by atoms with Gasteiger partial charge >= 0.3 is 0 Å². The number of rotatable bonds is 6. The fourth-order valence-corrected chi connectivity index (χ4v) is 3.41. The fraction of sp³-hybridized carbons (Fsp3) is 0.500. The van der Waals surface area contributed by atoms with Crippen LogP contribution in [0.4, 0.5) is 5.82 Å². The molecule has 1 amide bonds. The lowest BCUT2D eigenvalue weighted by Gasteiger charge is -2.20. The normalized spacial score (nSPS) is 15.1. The number of ether oxygens (including phenoxy) is 1. The van der Waals surface area contributed by atoms with Gasteiger partial charge in [0.15, 0.2) is 11.5 Å². The van der Waals surface area contributed by atoms with E-state index < -0.39 is 5.91 Å². The third-order valence-electron chi connectivity index (χ3n) is 4.43.